The lowest BCUT2D eigenvalue weighted by molar-refractivity contribution is 0.101. The zero-order chi connectivity index (χ0) is 15.1. The Kier molecular flexibility index (Phi) is 3.26. The summed E-state index contributed by atoms with van der Waals surface area (Å²) in [5.74, 6) is -2.50. The van der Waals surface area contributed by atoms with Gasteiger partial charge in [0.2, 0.25) is 5.78 Å². The topological polar surface area (TPSA) is 30.2 Å². The van der Waals surface area contributed by atoms with E-state index < -0.39 is 23.0 Å². The van der Waals surface area contributed by atoms with E-state index >= 15 is 0 Å². The Bertz CT molecular complexity index is 868. The fourth-order valence-corrected chi connectivity index (χ4v) is 2.30. The van der Waals surface area contributed by atoms with Crippen LogP contribution in [0.5, 0.6) is 0 Å². The minimum absolute atomic E-state index is 0.0417. The van der Waals surface area contributed by atoms with Crippen LogP contribution >= 0.6 is 11.6 Å². The summed E-state index contributed by atoms with van der Waals surface area (Å²) in [5, 5.41) is 0.359. The molecule has 1 heterocycles. The SMILES string of the molecule is Cc1cccc2cc(C(=O)c3cc(F)c(Cl)cc3F)oc12. The standard InChI is InChI=1S/C16H9ClF2O2/c1-8-3-2-4-9-5-14(21-16(8)9)15(20)10-6-13(19)11(17)7-12(10)18/h2-7H,1H3. The van der Waals surface area contributed by atoms with Crippen LogP contribution in [0.4, 0.5) is 8.78 Å². The molecule has 3 rings (SSSR count). The fourth-order valence-electron chi connectivity index (χ4n) is 2.15. The molecule has 3 aromatic rings. The van der Waals surface area contributed by atoms with Gasteiger partial charge in [-0.2, -0.15) is 0 Å². The zero-order valence-corrected chi connectivity index (χ0v) is 11.7. The molecular formula is C16H9ClF2O2. The second-order valence-electron chi connectivity index (χ2n) is 4.68. The van der Waals surface area contributed by atoms with Gasteiger partial charge in [0, 0.05) is 5.39 Å². The van der Waals surface area contributed by atoms with Crippen molar-refractivity contribution in [3.8, 4) is 0 Å². The molecule has 0 saturated heterocycles. The number of carbonyl (C=O) groups excluding carboxylic acids is 1. The van der Waals surface area contributed by atoms with Crippen molar-refractivity contribution in [3.05, 3.63) is 69.9 Å². The first-order chi connectivity index (χ1) is 9.97. The van der Waals surface area contributed by atoms with E-state index in [0.717, 1.165) is 23.1 Å². The van der Waals surface area contributed by atoms with Crippen LogP contribution in [-0.4, -0.2) is 5.78 Å². The third kappa shape index (κ3) is 2.32. The lowest BCUT2D eigenvalue weighted by Gasteiger charge is -2.02. The van der Waals surface area contributed by atoms with Crippen LogP contribution in [0.25, 0.3) is 11.0 Å². The summed E-state index contributed by atoms with van der Waals surface area (Å²) in [6.45, 7) is 1.84. The van der Waals surface area contributed by atoms with E-state index in [1.54, 1.807) is 6.07 Å². The number of carbonyl (C=O) groups is 1. The molecule has 0 radical (unpaired) electrons. The fraction of sp³-hybridized carbons (Fsp3) is 0.0625. The average Bonchev–Trinajstić information content (AvgIpc) is 2.87. The van der Waals surface area contributed by atoms with Gasteiger partial charge in [-0.05, 0) is 30.7 Å². The van der Waals surface area contributed by atoms with Crippen molar-refractivity contribution in [1.29, 1.82) is 0 Å². The van der Waals surface area contributed by atoms with Crippen molar-refractivity contribution < 1.29 is 18.0 Å². The summed E-state index contributed by atoms with van der Waals surface area (Å²) in [5.41, 5.74) is 0.999. The van der Waals surface area contributed by atoms with Crippen molar-refractivity contribution in [2.75, 3.05) is 0 Å². The summed E-state index contributed by atoms with van der Waals surface area (Å²) >= 11 is 5.47. The molecule has 0 spiro atoms. The number of halogens is 3. The third-order valence-corrected chi connectivity index (χ3v) is 3.51. The molecule has 2 nitrogen and oxygen atoms in total. The molecule has 2 aromatic carbocycles. The highest BCUT2D eigenvalue weighted by Crippen LogP contribution is 2.26. The first-order valence-corrected chi connectivity index (χ1v) is 6.53. The quantitative estimate of drug-likeness (QED) is 0.498. The van der Waals surface area contributed by atoms with Gasteiger partial charge in [0.15, 0.2) is 5.76 Å². The van der Waals surface area contributed by atoms with Crippen molar-refractivity contribution in [1.82, 2.24) is 0 Å². The van der Waals surface area contributed by atoms with Gasteiger partial charge < -0.3 is 4.42 Å². The molecule has 0 saturated carbocycles. The molecule has 0 N–H and O–H groups in total. The Morgan fingerprint density at radius 1 is 1.14 bits per heavy atom. The van der Waals surface area contributed by atoms with Crippen LogP contribution in [0.3, 0.4) is 0 Å². The number of ketones is 1. The Balaban J connectivity index is 2.12. The number of rotatable bonds is 2. The van der Waals surface area contributed by atoms with Crippen LogP contribution in [-0.2, 0) is 0 Å². The Labute approximate surface area is 123 Å². The van der Waals surface area contributed by atoms with Crippen LogP contribution in [0.1, 0.15) is 21.7 Å². The van der Waals surface area contributed by atoms with Crippen LogP contribution in [0.2, 0.25) is 5.02 Å². The summed E-state index contributed by atoms with van der Waals surface area (Å²) in [6.07, 6.45) is 0. The smallest absolute Gasteiger partial charge is 0.231 e. The number of fused-ring (bicyclic) bond motifs is 1. The van der Waals surface area contributed by atoms with Crippen LogP contribution in [0, 0.1) is 18.6 Å². The maximum absolute atomic E-state index is 13.8. The van der Waals surface area contributed by atoms with E-state index in [2.05, 4.69) is 0 Å². The summed E-state index contributed by atoms with van der Waals surface area (Å²) in [6, 6.07) is 8.50. The Morgan fingerprint density at radius 2 is 1.90 bits per heavy atom. The molecule has 1 aromatic heterocycles. The first kappa shape index (κ1) is 13.8. The van der Waals surface area contributed by atoms with E-state index in [-0.39, 0.29) is 10.8 Å². The Hall–Kier alpha value is -2.20. The highest BCUT2D eigenvalue weighted by Gasteiger charge is 2.20. The largest absolute Gasteiger partial charge is 0.452 e. The maximum Gasteiger partial charge on any atom is 0.231 e. The number of benzene rings is 2. The monoisotopic (exact) mass is 306 g/mol. The lowest BCUT2D eigenvalue weighted by Crippen LogP contribution is -2.04. The number of para-hydroxylation sites is 1. The van der Waals surface area contributed by atoms with E-state index in [9.17, 15) is 13.6 Å². The molecule has 5 heteroatoms. The highest BCUT2D eigenvalue weighted by molar-refractivity contribution is 6.30. The maximum atomic E-state index is 13.8. The third-order valence-electron chi connectivity index (χ3n) is 3.22. The van der Waals surface area contributed by atoms with Gasteiger partial charge in [-0.15, -0.1) is 0 Å². The summed E-state index contributed by atoms with van der Waals surface area (Å²) in [7, 11) is 0. The number of hydrogen-bond donors (Lipinski definition) is 0. The molecule has 0 aliphatic carbocycles. The molecular weight excluding hydrogens is 298 g/mol. The van der Waals surface area contributed by atoms with E-state index in [4.69, 9.17) is 16.0 Å². The Morgan fingerprint density at radius 3 is 2.62 bits per heavy atom. The normalized spacial score (nSPS) is 11.0. The van der Waals surface area contributed by atoms with Gasteiger partial charge in [-0.3, -0.25) is 4.79 Å². The van der Waals surface area contributed by atoms with Gasteiger partial charge in [0.1, 0.15) is 17.2 Å². The number of hydrogen-bond acceptors (Lipinski definition) is 2. The van der Waals surface area contributed by atoms with Gasteiger partial charge >= 0.3 is 0 Å². The zero-order valence-electron chi connectivity index (χ0n) is 10.9. The van der Waals surface area contributed by atoms with Crippen molar-refractivity contribution in [2.45, 2.75) is 6.92 Å². The molecule has 0 bridgehead atoms. The second kappa shape index (κ2) is 4.97. The van der Waals surface area contributed by atoms with Crippen LogP contribution < -0.4 is 0 Å². The minimum Gasteiger partial charge on any atom is -0.452 e. The van der Waals surface area contributed by atoms with Crippen molar-refractivity contribution in [2.24, 2.45) is 0 Å². The lowest BCUT2D eigenvalue weighted by atomic mass is 10.1. The predicted octanol–water partition coefficient (Wildman–Crippen LogP) is 4.90. The first-order valence-electron chi connectivity index (χ1n) is 6.16. The van der Waals surface area contributed by atoms with Crippen molar-refractivity contribution in [3.63, 3.8) is 0 Å². The molecule has 0 aliphatic rings. The predicted molar refractivity (Wildman–Crippen MR) is 75.8 cm³/mol. The molecule has 106 valence electrons. The van der Waals surface area contributed by atoms with Gasteiger partial charge in [-0.1, -0.05) is 29.8 Å². The van der Waals surface area contributed by atoms with Gasteiger partial charge in [0.25, 0.3) is 0 Å². The molecule has 21 heavy (non-hydrogen) atoms. The molecule has 0 fully saturated rings. The van der Waals surface area contributed by atoms with E-state index in [0.29, 0.717) is 5.58 Å². The number of furan rings is 1. The van der Waals surface area contributed by atoms with Gasteiger partial charge in [0.05, 0.1) is 10.6 Å². The summed E-state index contributed by atoms with van der Waals surface area (Å²) < 4.78 is 32.7. The molecule has 0 atom stereocenters. The van der Waals surface area contributed by atoms with E-state index in [1.165, 1.54) is 6.07 Å². The second-order valence-corrected chi connectivity index (χ2v) is 5.09. The van der Waals surface area contributed by atoms with Gasteiger partial charge in [-0.25, -0.2) is 8.78 Å². The number of aryl methyl sites for hydroxylation is 1. The average molecular weight is 307 g/mol. The highest BCUT2D eigenvalue weighted by atomic mass is 35.5. The van der Waals surface area contributed by atoms with Crippen LogP contribution in [0.15, 0.2) is 40.8 Å². The van der Waals surface area contributed by atoms with Crippen molar-refractivity contribution >= 4 is 28.4 Å². The molecule has 0 amide bonds. The molecule has 0 unspecified atom stereocenters. The van der Waals surface area contributed by atoms with E-state index in [1.807, 2.05) is 19.1 Å². The molecule has 0 aliphatic heterocycles. The summed E-state index contributed by atoms with van der Waals surface area (Å²) in [4.78, 5) is 12.3. The minimum atomic E-state index is -0.886.